The van der Waals surface area contributed by atoms with Crippen LogP contribution in [0.15, 0.2) is 95.2 Å². The van der Waals surface area contributed by atoms with Gasteiger partial charge >= 0.3 is 5.97 Å². The Hall–Kier alpha value is -4.39. The van der Waals surface area contributed by atoms with E-state index in [0.717, 1.165) is 0 Å². The van der Waals surface area contributed by atoms with Gasteiger partial charge in [0.2, 0.25) is 5.00 Å². The normalized spacial score (nSPS) is 11.3. The van der Waals surface area contributed by atoms with Crippen LogP contribution in [-0.4, -0.2) is 30.1 Å². The van der Waals surface area contributed by atoms with Crippen LogP contribution in [0.3, 0.4) is 0 Å². The first-order chi connectivity index (χ1) is 17.4. The number of ether oxygens (including phenoxy) is 1. The molecule has 0 radical (unpaired) electrons. The molecule has 0 bridgehead atoms. The largest absolute Gasteiger partial charge is 0.482 e. The molecule has 3 aromatic carbocycles. The minimum atomic E-state index is -4.11. The third-order valence-corrected chi connectivity index (χ3v) is 8.15. The Morgan fingerprint density at radius 1 is 0.972 bits per heavy atom. The summed E-state index contributed by atoms with van der Waals surface area (Å²) < 4.78 is 34.7. The predicted molar refractivity (Wildman–Crippen MR) is 139 cm³/mol. The van der Waals surface area contributed by atoms with Gasteiger partial charge in [0.15, 0.2) is 6.61 Å². The predicted octanol–water partition coefficient (Wildman–Crippen LogP) is 6.29. The van der Waals surface area contributed by atoms with Crippen LogP contribution in [0.1, 0.15) is 0 Å². The van der Waals surface area contributed by atoms with E-state index in [1.807, 2.05) is 53.9 Å². The molecule has 9 heteroatoms. The molecule has 7 nitrogen and oxygen atoms in total. The average molecular weight is 515 g/mol. The maximum absolute atomic E-state index is 14.1. The number of thiophene rings is 1. The van der Waals surface area contributed by atoms with Crippen molar-refractivity contribution in [3.8, 4) is 28.1 Å². The van der Waals surface area contributed by atoms with Gasteiger partial charge in [0.1, 0.15) is 5.75 Å². The van der Waals surface area contributed by atoms with Gasteiger partial charge in [0.25, 0.3) is 10.0 Å². The molecule has 0 unspecified atom stereocenters. The summed E-state index contributed by atoms with van der Waals surface area (Å²) in [5, 5.41) is 11.8. The van der Waals surface area contributed by atoms with Crippen molar-refractivity contribution < 1.29 is 23.1 Å². The fourth-order valence-electron chi connectivity index (χ4n) is 4.13. The third kappa shape index (κ3) is 4.02. The lowest BCUT2D eigenvalue weighted by atomic mass is 10.00. The maximum Gasteiger partial charge on any atom is 0.341 e. The molecule has 0 saturated heterocycles. The molecule has 2 aromatic heterocycles. The van der Waals surface area contributed by atoms with E-state index in [4.69, 9.17) is 16.4 Å². The minimum absolute atomic E-state index is 0.0189. The number of aromatic nitrogens is 1. The SMILES string of the molecule is [C-]#[N+]c1sccc1-c1c(-c2ccccc2)n(S(=O)(=O)c2ccc(OCC(=O)O)cc2)c2ccccc12. The van der Waals surface area contributed by atoms with Crippen LogP contribution in [0.25, 0.3) is 38.1 Å². The molecule has 5 aromatic rings. The molecule has 0 atom stereocenters. The molecule has 178 valence electrons. The Bertz CT molecular complexity index is 1730. The van der Waals surface area contributed by atoms with E-state index in [1.54, 1.807) is 12.1 Å². The standard InChI is InChI=1S/C27H18N2O5S2/c1-28-27-22(15-16-35-27)25-21-9-5-6-10-23(21)29(26(25)18-7-3-2-4-8-18)36(32,33)20-13-11-19(12-14-20)34-17-24(30)31/h2-16H,17H2,(H,30,31). The van der Waals surface area contributed by atoms with Crippen LogP contribution in [0.5, 0.6) is 5.75 Å². The minimum Gasteiger partial charge on any atom is -0.482 e. The fourth-order valence-corrected chi connectivity index (χ4v) is 6.36. The van der Waals surface area contributed by atoms with Crippen LogP contribution in [0, 0.1) is 6.57 Å². The second-order valence-corrected chi connectivity index (χ2v) is 10.5. The van der Waals surface area contributed by atoms with E-state index >= 15 is 0 Å². The van der Waals surface area contributed by atoms with Gasteiger partial charge in [-0.1, -0.05) is 54.6 Å². The highest BCUT2D eigenvalue weighted by Crippen LogP contribution is 2.47. The number of benzene rings is 3. The number of hydrogen-bond donors (Lipinski definition) is 1. The van der Waals surface area contributed by atoms with Crippen molar-refractivity contribution in [3.63, 3.8) is 0 Å². The van der Waals surface area contributed by atoms with E-state index in [0.29, 0.717) is 38.3 Å². The molecule has 0 aliphatic carbocycles. The van der Waals surface area contributed by atoms with Gasteiger partial charge in [-0.2, -0.15) is 11.3 Å². The van der Waals surface area contributed by atoms with E-state index in [1.165, 1.54) is 39.6 Å². The summed E-state index contributed by atoms with van der Waals surface area (Å²) in [4.78, 5) is 14.5. The Balaban J connectivity index is 1.80. The molecule has 0 amide bonds. The highest BCUT2D eigenvalue weighted by atomic mass is 32.2. The van der Waals surface area contributed by atoms with Crippen molar-refractivity contribution in [2.24, 2.45) is 0 Å². The van der Waals surface area contributed by atoms with Crippen molar-refractivity contribution in [2.45, 2.75) is 4.90 Å². The lowest BCUT2D eigenvalue weighted by molar-refractivity contribution is -0.139. The summed E-state index contributed by atoms with van der Waals surface area (Å²) in [5.74, 6) is -0.879. The van der Waals surface area contributed by atoms with Gasteiger partial charge in [-0.05, 0) is 41.3 Å². The lowest BCUT2D eigenvalue weighted by Gasteiger charge is -2.14. The Labute approximate surface area is 211 Å². The van der Waals surface area contributed by atoms with Crippen LogP contribution in [-0.2, 0) is 14.8 Å². The van der Waals surface area contributed by atoms with Gasteiger partial charge in [0.05, 0.1) is 22.7 Å². The molecule has 0 fully saturated rings. The molecule has 36 heavy (non-hydrogen) atoms. The number of rotatable bonds is 7. The van der Waals surface area contributed by atoms with Gasteiger partial charge in [-0.25, -0.2) is 22.0 Å². The summed E-state index contributed by atoms with van der Waals surface area (Å²) in [7, 11) is -4.11. The van der Waals surface area contributed by atoms with Crippen molar-refractivity contribution in [3.05, 3.63) is 102 Å². The number of carboxylic acids is 1. The number of para-hydroxylation sites is 1. The van der Waals surface area contributed by atoms with E-state index in [-0.39, 0.29) is 10.6 Å². The molecule has 0 aliphatic rings. The first-order valence-corrected chi connectivity index (χ1v) is 13.1. The summed E-state index contributed by atoms with van der Waals surface area (Å²) in [6.07, 6.45) is 0. The number of carbonyl (C=O) groups is 1. The van der Waals surface area contributed by atoms with Crippen molar-refractivity contribution >= 4 is 43.2 Å². The van der Waals surface area contributed by atoms with Gasteiger partial charge < -0.3 is 9.84 Å². The quantitative estimate of drug-likeness (QED) is 0.258. The molecule has 0 aliphatic heterocycles. The Morgan fingerprint density at radius 3 is 2.36 bits per heavy atom. The fraction of sp³-hybridized carbons (Fsp3) is 0.0370. The van der Waals surface area contributed by atoms with E-state index in [2.05, 4.69) is 4.85 Å². The van der Waals surface area contributed by atoms with Gasteiger partial charge in [-0.15, -0.1) is 0 Å². The van der Waals surface area contributed by atoms with Gasteiger partial charge in [-0.3, -0.25) is 0 Å². The molecule has 2 heterocycles. The average Bonchev–Trinajstić information content (AvgIpc) is 3.50. The second kappa shape index (κ2) is 9.34. The van der Waals surface area contributed by atoms with Crippen LogP contribution >= 0.6 is 11.3 Å². The summed E-state index contributed by atoms with van der Waals surface area (Å²) in [5.41, 5.74) is 2.99. The Kier molecular flexibility index (Phi) is 6.06. The monoisotopic (exact) mass is 514 g/mol. The molecular formula is C27H18N2O5S2. The molecule has 1 N–H and O–H groups in total. The number of aliphatic carboxylic acids is 1. The summed E-state index contributed by atoms with van der Waals surface area (Å²) >= 11 is 1.31. The van der Waals surface area contributed by atoms with Crippen LogP contribution in [0.4, 0.5) is 5.00 Å². The number of carboxylic acid groups (broad SMARTS) is 1. The zero-order valence-corrected chi connectivity index (χ0v) is 20.3. The highest BCUT2D eigenvalue weighted by Gasteiger charge is 2.29. The zero-order valence-electron chi connectivity index (χ0n) is 18.7. The zero-order chi connectivity index (χ0) is 25.3. The third-order valence-electron chi connectivity index (χ3n) is 5.62. The highest BCUT2D eigenvalue weighted by molar-refractivity contribution is 7.90. The molecular weight excluding hydrogens is 496 g/mol. The lowest BCUT2D eigenvalue weighted by Crippen LogP contribution is -2.14. The van der Waals surface area contributed by atoms with Crippen LogP contribution < -0.4 is 4.74 Å². The van der Waals surface area contributed by atoms with Crippen molar-refractivity contribution in [2.75, 3.05) is 6.61 Å². The van der Waals surface area contributed by atoms with Crippen LogP contribution in [0.2, 0.25) is 0 Å². The molecule has 0 spiro atoms. The molecule has 0 saturated carbocycles. The van der Waals surface area contributed by atoms with Crippen molar-refractivity contribution in [1.29, 1.82) is 0 Å². The number of hydrogen-bond acceptors (Lipinski definition) is 5. The van der Waals surface area contributed by atoms with Crippen molar-refractivity contribution in [1.82, 2.24) is 3.97 Å². The van der Waals surface area contributed by atoms with Gasteiger partial charge in [0, 0.05) is 16.5 Å². The first kappa shape index (κ1) is 23.4. The Morgan fingerprint density at radius 2 is 1.67 bits per heavy atom. The van der Waals surface area contributed by atoms with E-state index < -0.39 is 22.6 Å². The number of nitrogens with zero attached hydrogens (tertiary/aromatic N) is 2. The smallest absolute Gasteiger partial charge is 0.341 e. The summed E-state index contributed by atoms with van der Waals surface area (Å²) in [6, 6.07) is 23.9. The number of fused-ring (bicyclic) bond motifs is 1. The first-order valence-electron chi connectivity index (χ1n) is 10.8. The molecule has 5 rings (SSSR count). The summed E-state index contributed by atoms with van der Waals surface area (Å²) in [6.45, 7) is 7.11. The second-order valence-electron chi connectivity index (χ2n) is 7.78. The topological polar surface area (TPSA) is 90.0 Å². The maximum atomic E-state index is 14.1. The van der Waals surface area contributed by atoms with E-state index in [9.17, 15) is 13.2 Å².